The molecule has 2 unspecified atom stereocenters. The first-order valence-electron chi connectivity index (χ1n) is 7.45. The zero-order chi connectivity index (χ0) is 15.0. The Morgan fingerprint density at radius 1 is 1.15 bits per heavy atom. The van der Waals surface area contributed by atoms with Crippen LogP contribution in [-0.2, 0) is 14.6 Å². The second-order valence-electron chi connectivity index (χ2n) is 7.13. The Hall–Kier alpha value is -0.603. The number of hydrogen-bond donors (Lipinski definition) is 0. The first kappa shape index (κ1) is 15.8. The Labute approximate surface area is 123 Å². The molecule has 0 aliphatic carbocycles. The third kappa shape index (κ3) is 3.53. The van der Waals surface area contributed by atoms with Crippen LogP contribution in [0.2, 0.25) is 19.6 Å². The Balaban J connectivity index is 2.01. The molecule has 2 rings (SSSR count). The van der Waals surface area contributed by atoms with Gasteiger partial charge in [-0.05, 0) is 25.7 Å². The topological polar surface area (TPSA) is 51.2 Å². The van der Waals surface area contributed by atoms with E-state index < -0.39 is 17.9 Å². The van der Waals surface area contributed by atoms with Crippen molar-refractivity contribution in [3.05, 3.63) is 0 Å². The van der Waals surface area contributed by atoms with Gasteiger partial charge in [0.15, 0.2) is 9.84 Å². The second kappa shape index (κ2) is 5.65. The van der Waals surface area contributed by atoms with Crippen molar-refractivity contribution < 1.29 is 13.2 Å². The number of Topliss-reactive ketones (excluding diaryl/α,β-unsaturated/α-hetero) is 1. The van der Waals surface area contributed by atoms with Gasteiger partial charge in [0.25, 0.3) is 0 Å². The molecule has 0 saturated carbocycles. The standard InChI is InChI=1S/C15H24O3SSi/c1-20(2,3)9-5-8-15(16)12-10-13-6-4-7-14(11-12)19(13,17)18/h12-14H,4,6-8,10-11H2,1-3H3. The number of ketones is 1. The number of hydrogen-bond acceptors (Lipinski definition) is 3. The molecule has 0 aromatic heterocycles. The maximum atomic E-state index is 12.2. The third-order valence-electron chi connectivity index (χ3n) is 4.26. The van der Waals surface area contributed by atoms with Crippen molar-refractivity contribution >= 4 is 23.7 Å². The lowest BCUT2D eigenvalue weighted by Crippen LogP contribution is -2.45. The molecule has 0 N–H and O–H groups in total. The fourth-order valence-electron chi connectivity index (χ4n) is 3.21. The van der Waals surface area contributed by atoms with Gasteiger partial charge in [0.05, 0.1) is 16.9 Å². The van der Waals surface area contributed by atoms with E-state index in [0.717, 1.165) is 19.3 Å². The second-order valence-corrected chi connectivity index (χ2v) is 14.4. The molecule has 112 valence electrons. The molecule has 2 heterocycles. The van der Waals surface area contributed by atoms with Gasteiger partial charge in [-0.1, -0.05) is 26.1 Å². The van der Waals surface area contributed by atoms with E-state index in [4.69, 9.17) is 0 Å². The number of carbonyl (C=O) groups is 1. The third-order valence-corrected chi connectivity index (χ3v) is 7.90. The lowest BCUT2D eigenvalue weighted by atomic mass is 9.86. The van der Waals surface area contributed by atoms with E-state index in [1.54, 1.807) is 0 Å². The Morgan fingerprint density at radius 3 is 2.20 bits per heavy atom. The summed E-state index contributed by atoms with van der Waals surface area (Å²) in [5.41, 5.74) is 3.21. The molecule has 0 aromatic rings. The number of carbonyl (C=O) groups excluding carboxylic acids is 1. The molecule has 0 amide bonds. The number of rotatable bonds is 2. The molecule has 20 heavy (non-hydrogen) atoms. The fourth-order valence-corrected chi connectivity index (χ4v) is 6.37. The molecule has 2 bridgehead atoms. The van der Waals surface area contributed by atoms with Gasteiger partial charge >= 0.3 is 0 Å². The zero-order valence-electron chi connectivity index (χ0n) is 12.6. The van der Waals surface area contributed by atoms with E-state index in [0.29, 0.717) is 19.3 Å². The van der Waals surface area contributed by atoms with Crippen molar-refractivity contribution in [3.8, 4) is 11.5 Å². The summed E-state index contributed by atoms with van der Waals surface area (Å²) in [7, 11) is -4.39. The highest BCUT2D eigenvalue weighted by atomic mass is 32.2. The normalized spacial score (nSPS) is 32.0. The van der Waals surface area contributed by atoms with Gasteiger partial charge in [-0.2, -0.15) is 0 Å². The molecular weight excluding hydrogens is 288 g/mol. The van der Waals surface area contributed by atoms with Gasteiger partial charge in [-0.25, -0.2) is 8.42 Å². The van der Waals surface area contributed by atoms with Crippen molar-refractivity contribution in [2.45, 2.75) is 68.7 Å². The van der Waals surface area contributed by atoms with Crippen molar-refractivity contribution in [3.63, 3.8) is 0 Å². The van der Waals surface area contributed by atoms with Crippen LogP contribution in [0.1, 0.15) is 38.5 Å². The van der Waals surface area contributed by atoms with Gasteiger partial charge in [0, 0.05) is 5.92 Å². The SMILES string of the molecule is C[Si](C)(C)C#CCC(=O)C1CC2CCCC(C1)S2(=O)=O. The van der Waals surface area contributed by atoms with Crippen LogP contribution in [-0.4, -0.2) is 32.8 Å². The molecule has 3 nitrogen and oxygen atoms in total. The lowest BCUT2D eigenvalue weighted by Gasteiger charge is -2.37. The summed E-state index contributed by atoms with van der Waals surface area (Å²) in [6.07, 6.45) is 3.84. The first-order valence-corrected chi connectivity index (χ1v) is 12.6. The minimum Gasteiger partial charge on any atom is -0.298 e. The summed E-state index contributed by atoms with van der Waals surface area (Å²) >= 11 is 0. The van der Waals surface area contributed by atoms with Crippen LogP contribution in [0.25, 0.3) is 0 Å². The molecule has 2 saturated heterocycles. The minimum absolute atomic E-state index is 0.0789. The van der Waals surface area contributed by atoms with Gasteiger partial charge in [0.2, 0.25) is 0 Å². The maximum absolute atomic E-state index is 12.2. The monoisotopic (exact) mass is 312 g/mol. The summed E-state index contributed by atoms with van der Waals surface area (Å²) < 4.78 is 24.4. The van der Waals surface area contributed by atoms with Crippen molar-refractivity contribution in [2.75, 3.05) is 0 Å². The highest BCUT2D eigenvalue weighted by molar-refractivity contribution is 7.92. The van der Waals surface area contributed by atoms with Crippen LogP contribution in [0, 0.1) is 17.4 Å². The predicted octanol–water partition coefficient (Wildman–Crippen LogP) is 2.57. The van der Waals surface area contributed by atoms with Gasteiger partial charge in [0.1, 0.15) is 13.9 Å². The fraction of sp³-hybridized carbons (Fsp3) is 0.800. The molecule has 5 heteroatoms. The van der Waals surface area contributed by atoms with E-state index in [1.165, 1.54) is 0 Å². The molecule has 0 radical (unpaired) electrons. The number of fused-ring (bicyclic) bond motifs is 2. The molecule has 2 aliphatic rings. The minimum atomic E-state index is -2.96. The Kier molecular flexibility index (Phi) is 4.46. The maximum Gasteiger partial charge on any atom is 0.156 e. The molecule has 0 spiro atoms. The summed E-state index contributed by atoms with van der Waals surface area (Å²) in [6.45, 7) is 6.46. The number of sulfone groups is 1. The van der Waals surface area contributed by atoms with E-state index in [2.05, 4.69) is 31.1 Å². The summed E-state index contributed by atoms with van der Waals surface area (Å²) in [4.78, 5) is 12.2. The quantitative estimate of drug-likeness (QED) is 0.582. The lowest BCUT2D eigenvalue weighted by molar-refractivity contribution is -0.122. The van der Waals surface area contributed by atoms with Crippen molar-refractivity contribution in [2.24, 2.45) is 5.92 Å². The van der Waals surface area contributed by atoms with E-state index >= 15 is 0 Å². The summed E-state index contributed by atoms with van der Waals surface area (Å²) in [5.74, 6) is 3.10. The highest BCUT2D eigenvalue weighted by Gasteiger charge is 2.45. The zero-order valence-corrected chi connectivity index (χ0v) is 14.4. The van der Waals surface area contributed by atoms with Crippen LogP contribution in [0.4, 0.5) is 0 Å². The average molecular weight is 313 g/mol. The van der Waals surface area contributed by atoms with Crippen LogP contribution in [0.5, 0.6) is 0 Å². The molecule has 2 fully saturated rings. The van der Waals surface area contributed by atoms with Gasteiger partial charge in [-0.3, -0.25) is 4.79 Å². The molecule has 2 aliphatic heterocycles. The molecular formula is C15H24O3SSi. The van der Waals surface area contributed by atoms with E-state index in [-0.39, 0.29) is 22.2 Å². The predicted molar refractivity (Wildman–Crippen MR) is 83.8 cm³/mol. The van der Waals surface area contributed by atoms with Gasteiger partial charge in [-0.15, -0.1) is 11.5 Å². The smallest absolute Gasteiger partial charge is 0.156 e. The van der Waals surface area contributed by atoms with Crippen LogP contribution >= 0.6 is 0 Å². The van der Waals surface area contributed by atoms with Crippen molar-refractivity contribution in [1.29, 1.82) is 0 Å². The van der Waals surface area contributed by atoms with Crippen LogP contribution < -0.4 is 0 Å². The summed E-state index contributed by atoms with van der Waals surface area (Å²) in [5, 5.41) is -0.539. The van der Waals surface area contributed by atoms with Crippen LogP contribution in [0.3, 0.4) is 0 Å². The van der Waals surface area contributed by atoms with E-state index in [9.17, 15) is 13.2 Å². The Bertz CT molecular complexity index is 528. The van der Waals surface area contributed by atoms with Crippen LogP contribution in [0.15, 0.2) is 0 Å². The highest BCUT2D eigenvalue weighted by Crippen LogP contribution is 2.39. The first-order chi connectivity index (χ1) is 9.20. The van der Waals surface area contributed by atoms with E-state index in [1.807, 2.05) is 0 Å². The van der Waals surface area contributed by atoms with Gasteiger partial charge < -0.3 is 0 Å². The summed E-state index contributed by atoms with van der Waals surface area (Å²) in [6, 6.07) is 0. The van der Waals surface area contributed by atoms with Crippen molar-refractivity contribution in [1.82, 2.24) is 0 Å². The largest absolute Gasteiger partial charge is 0.298 e. The molecule has 2 atom stereocenters. The Morgan fingerprint density at radius 2 is 1.70 bits per heavy atom. The average Bonchev–Trinajstić information content (AvgIpc) is 2.25. The molecule has 0 aromatic carbocycles.